The van der Waals surface area contributed by atoms with Gasteiger partial charge in [0.1, 0.15) is 0 Å². The fourth-order valence-electron chi connectivity index (χ4n) is 2.36. The molecule has 6 nitrogen and oxygen atoms in total. The van der Waals surface area contributed by atoms with E-state index >= 15 is 0 Å². The highest BCUT2D eigenvalue weighted by Crippen LogP contribution is 2.33. The summed E-state index contributed by atoms with van der Waals surface area (Å²) in [6, 6.07) is 4.76. The number of amides is 1. The minimum atomic E-state index is -4.53. The molecule has 2 aromatic rings. The van der Waals surface area contributed by atoms with Crippen LogP contribution in [0.1, 0.15) is 42.2 Å². The second-order valence-electron chi connectivity index (χ2n) is 5.61. The lowest BCUT2D eigenvalue weighted by Crippen LogP contribution is -2.40. The number of nitrogens with one attached hydrogen (secondary N) is 1. The number of nitrogens with two attached hydrogens (primary N) is 1. The number of benzene rings is 1. The molecule has 0 saturated carbocycles. The Morgan fingerprint density at radius 3 is 2.65 bits per heavy atom. The quantitative estimate of drug-likeness (QED) is 0.759. The van der Waals surface area contributed by atoms with Crippen LogP contribution in [0.2, 0.25) is 0 Å². The number of rotatable bonds is 7. The number of unbranched alkanes of at least 4 members (excludes halogenated alkanes) is 1. The minimum Gasteiger partial charge on any atom is -0.347 e. The molecule has 1 aromatic carbocycles. The van der Waals surface area contributed by atoms with E-state index in [1.165, 1.54) is 24.4 Å². The molecule has 1 unspecified atom stereocenters. The van der Waals surface area contributed by atoms with Crippen molar-refractivity contribution in [2.75, 3.05) is 6.54 Å². The molecule has 0 radical (unpaired) electrons. The van der Waals surface area contributed by atoms with Gasteiger partial charge in [-0.3, -0.25) is 4.79 Å². The van der Waals surface area contributed by atoms with Crippen LogP contribution in [0.15, 0.2) is 30.5 Å². The summed E-state index contributed by atoms with van der Waals surface area (Å²) in [6.45, 7) is 2.30. The lowest BCUT2D eigenvalue weighted by atomic mass is 10.1. The topological polar surface area (TPSA) is 85.8 Å². The van der Waals surface area contributed by atoms with E-state index < -0.39 is 17.6 Å². The van der Waals surface area contributed by atoms with Crippen LogP contribution in [0.3, 0.4) is 0 Å². The van der Waals surface area contributed by atoms with Crippen molar-refractivity contribution in [3.05, 3.63) is 41.7 Å². The van der Waals surface area contributed by atoms with Crippen LogP contribution < -0.4 is 11.1 Å². The summed E-state index contributed by atoms with van der Waals surface area (Å²) in [5, 5.41) is 10.1. The minimum absolute atomic E-state index is 0. The number of para-hydroxylation sites is 1. The van der Waals surface area contributed by atoms with Crippen LogP contribution in [0, 0.1) is 0 Å². The number of alkyl halides is 3. The zero-order valence-electron chi connectivity index (χ0n) is 14.2. The van der Waals surface area contributed by atoms with Gasteiger partial charge in [-0.05, 0) is 18.6 Å². The Morgan fingerprint density at radius 1 is 1.35 bits per heavy atom. The van der Waals surface area contributed by atoms with Gasteiger partial charge in [-0.1, -0.05) is 37.1 Å². The zero-order chi connectivity index (χ0) is 18.4. The third-order valence-electron chi connectivity index (χ3n) is 3.71. The SMILES string of the molecule is CCCCC(CN)NC(=O)c1cn(-c2ccccc2C(F)(F)F)nn1.Cl. The lowest BCUT2D eigenvalue weighted by molar-refractivity contribution is -0.137. The molecule has 0 fully saturated rings. The molecule has 1 aromatic heterocycles. The van der Waals surface area contributed by atoms with Crippen LogP contribution in [-0.4, -0.2) is 33.5 Å². The van der Waals surface area contributed by atoms with Gasteiger partial charge in [-0.2, -0.15) is 13.2 Å². The normalized spacial score (nSPS) is 12.3. The summed E-state index contributed by atoms with van der Waals surface area (Å²) in [5.41, 5.74) is 4.52. The van der Waals surface area contributed by atoms with Gasteiger partial charge < -0.3 is 11.1 Å². The van der Waals surface area contributed by atoms with E-state index in [4.69, 9.17) is 5.73 Å². The fraction of sp³-hybridized carbons (Fsp3) is 0.438. The number of hydrogen-bond donors (Lipinski definition) is 2. The molecule has 26 heavy (non-hydrogen) atoms. The Morgan fingerprint density at radius 2 is 2.04 bits per heavy atom. The molecule has 1 atom stereocenters. The molecule has 0 aliphatic carbocycles. The largest absolute Gasteiger partial charge is 0.418 e. The molecule has 10 heteroatoms. The predicted octanol–water partition coefficient (Wildman–Crippen LogP) is 2.96. The van der Waals surface area contributed by atoms with E-state index in [1.54, 1.807) is 0 Å². The van der Waals surface area contributed by atoms with Gasteiger partial charge in [0.25, 0.3) is 5.91 Å². The predicted molar refractivity (Wildman–Crippen MR) is 93.4 cm³/mol. The summed E-state index contributed by atoms with van der Waals surface area (Å²) in [7, 11) is 0. The van der Waals surface area contributed by atoms with E-state index in [0.29, 0.717) is 0 Å². The van der Waals surface area contributed by atoms with Crippen molar-refractivity contribution in [1.29, 1.82) is 0 Å². The maximum absolute atomic E-state index is 13.1. The van der Waals surface area contributed by atoms with Gasteiger partial charge in [0.15, 0.2) is 5.69 Å². The van der Waals surface area contributed by atoms with Gasteiger partial charge in [-0.15, -0.1) is 17.5 Å². The molecule has 1 heterocycles. The molecular formula is C16H21ClF3N5O. The molecule has 1 amide bonds. The number of hydrogen-bond acceptors (Lipinski definition) is 4. The average Bonchev–Trinajstić information content (AvgIpc) is 3.07. The van der Waals surface area contributed by atoms with Gasteiger partial charge in [0.2, 0.25) is 0 Å². The number of carbonyl (C=O) groups is 1. The average molecular weight is 392 g/mol. The lowest BCUT2D eigenvalue weighted by Gasteiger charge is -2.15. The first-order valence-corrected chi connectivity index (χ1v) is 7.96. The summed E-state index contributed by atoms with van der Waals surface area (Å²) in [6.07, 6.45) is -0.753. The van der Waals surface area contributed by atoms with E-state index in [1.807, 2.05) is 6.92 Å². The maximum Gasteiger partial charge on any atom is 0.418 e. The third kappa shape index (κ3) is 5.43. The van der Waals surface area contributed by atoms with Crippen LogP contribution in [-0.2, 0) is 6.18 Å². The van der Waals surface area contributed by atoms with E-state index in [0.717, 1.165) is 30.0 Å². The van der Waals surface area contributed by atoms with E-state index in [-0.39, 0.29) is 36.4 Å². The standard InChI is InChI=1S/C16H20F3N5O.ClH/c1-2-3-6-11(9-20)21-15(25)13-10-24(23-22-13)14-8-5-4-7-12(14)16(17,18)19;/h4-5,7-8,10-11H,2-3,6,9,20H2,1H3,(H,21,25);1H. The molecule has 2 rings (SSSR count). The first-order chi connectivity index (χ1) is 11.9. The number of halogens is 4. The zero-order valence-corrected chi connectivity index (χ0v) is 15.0. The number of nitrogens with zero attached hydrogens (tertiary/aromatic N) is 3. The second-order valence-corrected chi connectivity index (χ2v) is 5.61. The number of aromatic nitrogens is 3. The maximum atomic E-state index is 13.1. The first-order valence-electron chi connectivity index (χ1n) is 7.96. The molecule has 0 spiro atoms. The Kier molecular flexibility index (Phi) is 8.04. The van der Waals surface area contributed by atoms with Gasteiger partial charge in [-0.25, -0.2) is 4.68 Å². The highest BCUT2D eigenvalue weighted by molar-refractivity contribution is 5.92. The van der Waals surface area contributed by atoms with Crippen molar-refractivity contribution in [3.63, 3.8) is 0 Å². The first kappa shape index (κ1) is 21.9. The molecule has 0 aliphatic rings. The van der Waals surface area contributed by atoms with Crippen molar-refractivity contribution in [3.8, 4) is 5.69 Å². The van der Waals surface area contributed by atoms with Gasteiger partial charge in [0, 0.05) is 12.6 Å². The van der Waals surface area contributed by atoms with Gasteiger partial charge >= 0.3 is 6.18 Å². The van der Waals surface area contributed by atoms with Crippen LogP contribution in [0.25, 0.3) is 5.69 Å². The van der Waals surface area contributed by atoms with Crippen molar-refractivity contribution >= 4 is 18.3 Å². The Hall–Kier alpha value is -2.13. The van der Waals surface area contributed by atoms with Crippen LogP contribution >= 0.6 is 12.4 Å². The van der Waals surface area contributed by atoms with Gasteiger partial charge in [0.05, 0.1) is 17.4 Å². The van der Waals surface area contributed by atoms with Crippen molar-refractivity contribution < 1.29 is 18.0 Å². The summed E-state index contributed by atoms with van der Waals surface area (Å²) < 4.78 is 40.2. The molecule has 0 saturated heterocycles. The van der Waals surface area contributed by atoms with Crippen molar-refractivity contribution in [2.45, 2.75) is 38.4 Å². The Labute approximate surface area is 155 Å². The van der Waals surface area contributed by atoms with Crippen molar-refractivity contribution in [2.24, 2.45) is 5.73 Å². The molecular weight excluding hydrogens is 371 g/mol. The summed E-state index contributed by atoms with van der Waals surface area (Å²) in [5.74, 6) is -0.512. The second kappa shape index (κ2) is 9.54. The highest BCUT2D eigenvalue weighted by atomic mass is 35.5. The molecule has 0 aliphatic heterocycles. The fourth-order valence-corrected chi connectivity index (χ4v) is 2.36. The molecule has 144 valence electrons. The van der Waals surface area contributed by atoms with Crippen molar-refractivity contribution in [1.82, 2.24) is 20.3 Å². The Balaban J connectivity index is 0.00000338. The van der Waals surface area contributed by atoms with Crippen LogP contribution in [0.5, 0.6) is 0 Å². The smallest absolute Gasteiger partial charge is 0.347 e. The number of carbonyl (C=O) groups excluding carboxylic acids is 1. The Bertz CT molecular complexity index is 720. The van der Waals surface area contributed by atoms with E-state index in [9.17, 15) is 18.0 Å². The highest BCUT2D eigenvalue weighted by Gasteiger charge is 2.34. The molecule has 3 N–H and O–H groups in total. The van der Waals surface area contributed by atoms with Crippen LogP contribution in [0.4, 0.5) is 13.2 Å². The van der Waals surface area contributed by atoms with E-state index in [2.05, 4.69) is 15.6 Å². The summed E-state index contributed by atoms with van der Waals surface area (Å²) in [4.78, 5) is 12.2. The monoisotopic (exact) mass is 391 g/mol. The third-order valence-corrected chi connectivity index (χ3v) is 3.71. The molecule has 0 bridgehead atoms. The summed E-state index contributed by atoms with van der Waals surface area (Å²) >= 11 is 0.